The largest absolute Gasteiger partial charge is 0.493 e. The summed E-state index contributed by atoms with van der Waals surface area (Å²) in [5, 5.41) is 3.20. The Bertz CT molecular complexity index is 756. The van der Waals surface area contributed by atoms with Crippen molar-refractivity contribution in [1.82, 2.24) is 10.2 Å². The number of carbonyl (C=O) groups excluding carboxylic acids is 2. The second-order valence-electron chi connectivity index (χ2n) is 9.22. The van der Waals surface area contributed by atoms with Gasteiger partial charge in [-0.1, -0.05) is 25.3 Å². The maximum atomic E-state index is 13.1. The molecule has 1 aromatic rings. The van der Waals surface area contributed by atoms with Crippen molar-refractivity contribution in [3.63, 3.8) is 0 Å². The lowest BCUT2D eigenvalue weighted by Gasteiger charge is -2.37. The van der Waals surface area contributed by atoms with Crippen molar-refractivity contribution in [3.05, 3.63) is 23.8 Å². The van der Waals surface area contributed by atoms with Crippen LogP contribution < -0.4 is 14.8 Å². The van der Waals surface area contributed by atoms with Gasteiger partial charge in [-0.3, -0.25) is 9.59 Å². The van der Waals surface area contributed by atoms with E-state index in [2.05, 4.69) is 5.32 Å². The second kappa shape index (κ2) is 9.71. The minimum Gasteiger partial charge on any atom is -0.493 e. The Morgan fingerprint density at radius 2 is 1.80 bits per heavy atom. The van der Waals surface area contributed by atoms with Gasteiger partial charge in [0.1, 0.15) is 0 Å². The standard InChI is InChI=1S/C24H36N2O4/c1-24(2,19-11-12-20(29-3)21(14-19)30-4)25-23(28)18-10-13-22(27)26(16-18)15-17-8-6-5-7-9-17/h11-12,14,17-18H,5-10,13,15-16H2,1-4H3,(H,25,28)/t18-/m0/s1. The summed E-state index contributed by atoms with van der Waals surface area (Å²) in [7, 11) is 3.21. The van der Waals surface area contributed by atoms with Crippen LogP contribution in [0.3, 0.4) is 0 Å². The average Bonchev–Trinajstić information content (AvgIpc) is 2.75. The summed E-state index contributed by atoms with van der Waals surface area (Å²) in [4.78, 5) is 27.5. The van der Waals surface area contributed by atoms with Gasteiger partial charge >= 0.3 is 0 Å². The molecule has 0 unspecified atom stereocenters. The first-order chi connectivity index (χ1) is 14.3. The molecule has 1 saturated carbocycles. The molecule has 0 bridgehead atoms. The first kappa shape index (κ1) is 22.4. The molecule has 1 saturated heterocycles. The van der Waals surface area contributed by atoms with Gasteiger partial charge in [-0.2, -0.15) is 0 Å². The summed E-state index contributed by atoms with van der Waals surface area (Å²) >= 11 is 0. The minimum absolute atomic E-state index is 0.0101. The van der Waals surface area contributed by atoms with E-state index >= 15 is 0 Å². The number of likely N-dealkylation sites (tertiary alicyclic amines) is 1. The van der Waals surface area contributed by atoms with Crippen LogP contribution in [0.25, 0.3) is 0 Å². The molecule has 1 aromatic carbocycles. The number of nitrogens with zero attached hydrogens (tertiary/aromatic N) is 1. The summed E-state index contributed by atoms with van der Waals surface area (Å²) in [5.74, 6) is 1.94. The average molecular weight is 417 g/mol. The molecule has 1 atom stereocenters. The highest BCUT2D eigenvalue weighted by molar-refractivity contribution is 5.84. The quantitative estimate of drug-likeness (QED) is 0.733. The van der Waals surface area contributed by atoms with Crippen LogP contribution >= 0.6 is 0 Å². The maximum absolute atomic E-state index is 13.1. The number of piperidine rings is 1. The molecular weight excluding hydrogens is 380 g/mol. The molecule has 6 nitrogen and oxygen atoms in total. The highest BCUT2D eigenvalue weighted by atomic mass is 16.5. The summed E-state index contributed by atoms with van der Waals surface area (Å²) in [5.41, 5.74) is 0.381. The number of benzene rings is 1. The summed E-state index contributed by atoms with van der Waals surface area (Å²) in [6.45, 7) is 5.31. The van der Waals surface area contributed by atoms with Crippen LogP contribution in [0.5, 0.6) is 11.5 Å². The van der Waals surface area contributed by atoms with Crippen LogP contribution in [0, 0.1) is 11.8 Å². The van der Waals surface area contributed by atoms with E-state index in [1.807, 2.05) is 36.9 Å². The second-order valence-corrected chi connectivity index (χ2v) is 9.22. The molecule has 1 N–H and O–H groups in total. The predicted molar refractivity (Wildman–Crippen MR) is 117 cm³/mol. The molecule has 2 fully saturated rings. The molecule has 1 aliphatic carbocycles. The molecule has 2 aliphatic rings. The van der Waals surface area contributed by atoms with Crippen LogP contribution in [-0.4, -0.2) is 44.0 Å². The van der Waals surface area contributed by atoms with Crippen LogP contribution in [0.15, 0.2) is 18.2 Å². The minimum atomic E-state index is -0.563. The molecule has 0 spiro atoms. The van der Waals surface area contributed by atoms with Crippen molar-refractivity contribution in [2.75, 3.05) is 27.3 Å². The summed E-state index contributed by atoms with van der Waals surface area (Å²) in [6, 6.07) is 5.70. The Morgan fingerprint density at radius 3 is 2.47 bits per heavy atom. The highest BCUT2D eigenvalue weighted by Gasteiger charge is 2.34. The third kappa shape index (κ3) is 5.27. The van der Waals surface area contributed by atoms with Crippen molar-refractivity contribution >= 4 is 11.8 Å². The van der Waals surface area contributed by atoms with Crippen molar-refractivity contribution in [2.24, 2.45) is 11.8 Å². The van der Waals surface area contributed by atoms with E-state index in [1.54, 1.807) is 14.2 Å². The van der Waals surface area contributed by atoms with Crippen molar-refractivity contribution in [2.45, 2.75) is 64.3 Å². The van der Waals surface area contributed by atoms with E-state index in [1.165, 1.54) is 32.1 Å². The first-order valence-electron chi connectivity index (χ1n) is 11.2. The number of amides is 2. The Morgan fingerprint density at radius 1 is 1.10 bits per heavy atom. The van der Waals surface area contributed by atoms with E-state index in [0.717, 1.165) is 12.1 Å². The third-order valence-corrected chi connectivity index (χ3v) is 6.62. The number of hydrogen-bond acceptors (Lipinski definition) is 4. The van der Waals surface area contributed by atoms with Gasteiger partial charge in [0.25, 0.3) is 0 Å². The number of rotatable bonds is 7. The molecule has 0 aromatic heterocycles. The number of methoxy groups -OCH3 is 2. The molecule has 6 heteroatoms. The number of carbonyl (C=O) groups is 2. The lowest BCUT2D eigenvalue weighted by Crippen LogP contribution is -2.50. The van der Waals surface area contributed by atoms with Crippen molar-refractivity contribution in [3.8, 4) is 11.5 Å². The first-order valence-corrected chi connectivity index (χ1v) is 11.2. The van der Waals surface area contributed by atoms with Gasteiger partial charge in [-0.25, -0.2) is 0 Å². The van der Waals surface area contributed by atoms with Crippen molar-refractivity contribution < 1.29 is 19.1 Å². The lowest BCUT2D eigenvalue weighted by molar-refractivity contribution is -0.139. The molecular formula is C24H36N2O4. The van der Waals surface area contributed by atoms with E-state index in [-0.39, 0.29) is 17.7 Å². The number of nitrogens with one attached hydrogen (secondary N) is 1. The fourth-order valence-corrected chi connectivity index (χ4v) is 4.69. The maximum Gasteiger partial charge on any atom is 0.225 e. The molecule has 0 radical (unpaired) electrons. The zero-order chi connectivity index (χ0) is 21.7. The van der Waals surface area contributed by atoms with Crippen LogP contribution in [0.4, 0.5) is 0 Å². The van der Waals surface area contributed by atoms with E-state index in [4.69, 9.17) is 9.47 Å². The predicted octanol–water partition coefficient (Wildman–Crippen LogP) is 3.87. The Kier molecular flexibility index (Phi) is 7.27. The normalized spacial score (nSPS) is 20.7. The van der Waals surface area contributed by atoms with Gasteiger partial charge < -0.3 is 19.7 Å². The third-order valence-electron chi connectivity index (χ3n) is 6.62. The van der Waals surface area contributed by atoms with Gasteiger partial charge in [0.15, 0.2) is 11.5 Å². The molecule has 3 rings (SSSR count). The van der Waals surface area contributed by atoms with Gasteiger partial charge in [0, 0.05) is 19.5 Å². The van der Waals surface area contributed by atoms with Gasteiger partial charge in [0.05, 0.1) is 25.7 Å². The molecule has 2 amide bonds. The van der Waals surface area contributed by atoms with E-state index in [9.17, 15) is 9.59 Å². The van der Waals surface area contributed by atoms with E-state index < -0.39 is 5.54 Å². The fourth-order valence-electron chi connectivity index (χ4n) is 4.69. The Balaban J connectivity index is 1.64. The summed E-state index contributed by atoms with van der Waals surface area (Å²) in [6.07, 6.45) is 7.31. The SMILES string of the molecule is COc1ccc(C(C)(C)NC(=O)[C@H]2CCC(=O)N(CC3CCCCC3)C2)cc1OC. The molecule has 1 aliphatic heterocycles. The molecule has 30 heavy (non-hydrogen) atoms. The highest BCUT2D eigenvalue weighted by Crippen LogP contribution is 2.33. The van der Waals surface area contributed by atoms with Crippen LogP contribution in [0.1, 0.15) is 64.4 Å². The molecule has 166 valence electrons. The summed E-state index contributed by atoms with van der Waals surface area (Å²) < 4.78 is 10.7. The smallest absolute Gasteiger partial charge is 0.225 e. The van der Waals surface area contributed by atoms with Crippen LogP contribution in [-0.2, 0) is 15.1 Å². The zero-order valence-corrected chi connectivity index (χ0v) is 18.8. The number of hydrogen-bond donors (Lipinski definition) is 1. The van der Waals surface area contributed by atoms with Gasteiger partial charge in [-0.15, -0.1) is 0 Å². The van der Waals surface area contributed by atoms with Gasteiger partial charge in [-0.05, 0) is 56.7 Å². The van der Waals surface area contributed by atoms with E-state index in [0.29, 0.717) is 36.8 Å². The van der Waals surface area contributed by atoms with Gasteiger partial charge in [0.2, 0.25) is 11.8 Å². The topological polar surface area (TPSA) is 67.9 Å². The Hall–Kier alpha value is -2.24. The Labute approximate surface area is 180 Å². The number of ether oxygens (including phenoxy) is 2. The van der Waals surface area contributed by atoms with Crippen LogP contribution in [0.2, 0.25) is 0 Å². The lowest BCUT2D eigenvalue weighted by atomic mass is 9.87. The van der Waals surface area contributed by atoms with Crippen molar-refractivity contribution in [1.29, 1.82) is 0 Å². The molecule has 1 heterocycles. The zero-order valence-electron chi connectivity index (χ0n) is 18.8. The monoisotopic (exact) mass is 416 g/mol. The fraction of sp³-hybridized carbons (Fsp3) is 0.667.